The van der Waals surface area contributed by atoms with Crippen molar-refractivity contribution in [1.29, 1.82) is 0 Å². The summed E-state index contributed by atoms with van der Waals surface area (Å²) in [5.41, 5.74) is 1.87. The fraction of sp³-hybridized carbons (Fsp3) is 0.500. The monoisotopic (exact) mass is 191 g/mol. The Labute approximate surface area is 68.5 Å². The quantitative estimate of drug-likeness (QED) is 0.350. The van der Waals surface area contributed by atoms with Crippen LogP contribution in [0.2, 0.25) is 13.1 Å². The molecule has 10 heavy (non-hydrogen) atoms. The molecule has 1 atom stereocenters. The Morgan fingerprint density at radius 1 is 1.70 bits per heavy atom. The Kier molecular flexibility index (Phi) is 5.13. The van der Waals surface area contributed by atoms with Crippen LogP contribution in [-0.2, 0) is 0 Å². The van der Waals surface area contributed by atoms with E-state index in [1.807, 2.05) is 5.70 Å². The van der Waals surface area contributed by atoms with Crippen molar-refractivity contribution < 1.29 is 0 Å². The first-order valence-corrected chi connectivity index (χ1v) is 9.69. The van der Waals surface area contributed by atoms with E-state index in [1.165, 1.54) is 0 Å². The molecule has 0 fully saturated rings. The van der Waals surface area contributed by atoms with Crippen LogP contribution in [0.1, 0.15) is 0 Å². The van der Waals surface area contributed by atoms with E-state index in [-0.39, 0.29) is 19.5 Å². The Morgan fingerprint density at radius 2 is 2.30 bits per heavy atom. The standard InChI is InChI=1S/C4H17N3Si3/c1-4-10(3,5)7-9-6-8-2/h4,6-7H,1,5,8-9H2,2-3H3. The molecule has 0 bridgehead atoms. The molecule has 0 aliphatic rings. The number of hydrogen-bond acceptors (Lipinski definition) is 3. The maximum absolute atomic E-state index is 5.88. The Bertz CT molecular complexity index is 106. The lowest BCUT2D eigenvalue weighted by Crippen LogP contribution is -2.59. The van der Waals surface area contributed by atoms with Gasteiger partial charge in [-0.3, -0.25) is 0 Å². The van der Waals surface area contributed by atoms with E-state index >= 15 is 0 Å². The van der Waals surface area contributed by atoms with Gasteiger partial charge in [-0.05, 0) is 6.55 Å². The van der Waals surface area contributed by atoms with Crippen LogP contribution in [0.15, 0.2) is 12.3 Å². The summed E-state index contributed by atoms with van der Waals surface area (Å²) in [5.74, 6) is 0. The predicted octanol–water partition coefficient (Wildman–Crippen LogP) is -1.95. The van der Waals surface area contributed by atoms with Crippen molar-refractivity contribution in [1.82, 2.24) is 9.30 Å². The highest BCUT2D eigenvalue weighted by molar-refractivity contribution is 6.83. The summed E-state index contributed by atoms with van der Waals surface area (Å²) < 4.78 is 6.78. The van der Waals surface area contributed by atoms with Gasteiger partial charge in [0.1, 0.15) is 0 Å². The van der Waals surface area contributed by atoms with Crippen molar-refractivity contribution in [2.75, 3.05) is 0 Å². The van der Waals surface area contributed by atoms with Gasteiger partial charge in [0.05, 0.1) is 9.68 Å². The highest BCUT2D eigenvalue weighted by Crippen LogP contribution is 1.83. The van der Waals surface area contributed by atoms with Gasteiger partial charge in [0.15, 0.2) is 9.84 Å². The van der Waals surface area contributed by atoms with Crippen molar-refractivity contribution >= 4 is 27.9 Å². The van der Waals surface area contributed by atoms with Gasteiger partial charge in [-0.15, -0.1) is 6.58 Å². The topological polar surface area (TPSA) is 50.1 Å². The first kappa shape index (κ1) is 10.3. The summed E-state index contributed by atoms with van der Waals surface area (Å²) in [6.45, 7) is 7.99. The molecule has 3 nitrogen and oxygen atoms in total. The fourth-order valence-corrected chi connectivity index (χ4v) is 5.18. The third-order valence-corrected chi connectivity index (χ3v) is 8.87. The number of hydrogen-bond donors (Lipinski definition) is 3. The fourth-order valence-electron chi connectivity index (χ4n) is 0.450. The van der Waals surface area contributed by atoms with E-state index in [4.69, 9.17) is 5.40 Å². The summed E-state index contributed by atoms with van der Waals surface area (Å²) >= 11 is 0. The molecule has 0 aliphatic heterocycles. The molecule has 0 aromatic heterocycles. The van der Waals surface area contributed by atoms with Crippen LogP contribution in [0.25, 0.3) is 0 Å². The molecule has 1 unspecified atom stereocenters. The minimum absolute atomic E-state index is 0.0190. The summed E-state index contributed by atoms with van der Waals surface area (Å²) in [6, 6.07) is 0. The van der Waals surface area contributed by atoms with E-state index < -0.39 is 8.40 Å². The summed E-state index contributed by atoms with van der Waals surface area (Å²) in [7, 11) is -1.94. The normalized spacial score (nSPS) is 18.7. The first-order chi connectivity index (χ1) is 4.62. The Hall–Kier alpha value is 0.271. The highest BCUT2D eigenvalue weighted by Gasteiger charge is 2.14. The number of rotatable bonds is 5. The van der Waals surface area contributed by atoms with Crippen molar-refractivity contribution in [2.24, 2.45) is 5.40 Å². The SMILES string of the molecule is C=C[Si](C)(N)N[SiH2]N[SiH2]C. The van der Waals surface area contributed by atoms with Crippen molar-refractivity contribution in [3.05, 3.63) is 12.3 Å². The van der Waals surface area contributed by atoms with Gasteiger partial charge in [0, 0.05) is 0 Å². The van der Waals surface area contributed by atoms with Crippen molar-refractivity contribution in [3.63, 3.8) is 0 Å². The molecule has 0 amide bonds. The van der Waals surface area contributed by atoms with Gasteiger partial charge in [-0.1, -0.05) is 12.2 Å². The van der Waals surface area contributed by atoms with Gasteiger partial charge in [0.2, 0.25) is 8.40 Å². The van der Waals surface area contributed by atoms with Crippen LogP contribution in [0.5, 0.6) is 0 Å². The van der Waals surface area contributed by atoms with Crippen molar-refractivity contribution in [3.8, 4) is 0 Å². The molecule has 0 aromatic carbocycles. The second-order valence-corrected chi connectivity index (χ2v) is 9.89. The van der Waals surface area contributed by atoms with Gasteiger partial charge < -0.3 is 14.7 Å². The summed E-state index contributed by atoms with van der Waals surface area (Å²) in [5, 5.41) is 5.88. The molecule has 0 radical (unpaired) electrons. The lowest BCUT2D eigenvalue weighted by molar-refractivity contribution is 1.33. The number of nitrogens with one attached hydrogen (secondary N) is 2. The zero-order valence-corrected chi connectivity index (χ0v) is 10.6. The molecule has 0 saturated carbocycles. The molecular weight excluding hydrogens is 174 g/mol. The van der Waals surface area contributed by atoms with Gasteiger partial charge in [-0.25, -0.2) is 0 Å². The third-order valence-electron chi connectivity index (χ3n) is 1.27. The minimum Gasteiger partial charge on any atom is -0.358 e. The lowest BCUT2D eigenvalue weighted by Gasteiger charge is -2.18. The summed E-state index contributed by atoms with van der Waals surface area (Å²) in [6.07, 6.45) is 0. The molecule has 6 heteroatoms. The van der Waals surface area contributed by atoms with Crippen LogP contribution >= 0.6 is 0 Å². The maximum atomic E-state index is 5.88. The van der Waals surface area contributed by atoms with Gasteiger partial charge in [0.25, 0.3) is 0 Å². The van der Waals surface area contributed by atoms with E-state index in [0.717, 1.165) is 0 Å². The molecule has 60 valence electrons. The zero-order valence-electron chi connectivity index (χ0n) is 6.78. The van der Waals surface area contributed by atoms with Crippen LogP contribution < -0.4 is 14.7 Å². The molecule has 0 rings (SSSR count). The molecule has 0 heterocycles. The summed E-state index contributed by atoms with van der Waals surface area (Å²) in [4.78, 5) is 0. The predicted molar refractivity (Wildman–Crippen MR) is 55.2 cm³/mol. The smallest absolute Gasteiger partial charge is 0.214 e. The average Bonchev–Trinajstić information content (AvgIpc) is 1.89. The first-order valence-electron chi connectivity index (χ1n) is 3.50. The Balaban J connectivity index is 3.37. The second-order valence-electron chi connectivity index (χ2n) is 2.44. The lowest BCUT2D eigenvalue weighted by atomic mass is 11.3. The van der Waals surface area contributed by atoms with Gasteiger partial charge >= 0.3 is 0 Å². The Morgan fingerprint density at radius 3 is 2.70 bits per heavy atom. The molecule has 0 aliphatic carbocycles. The second kappa shape index (κ2) is 4.99. The van der Waals surface area contributed by atoms with E-state index in [2.05, 4.69) is 29.0 Å². The zero-order chi connectivity index (χ0) is 8.04. The van der Waals surface area contributed by atoms with Crippen LogP contribution in [0, 0.1) is 0 Å². The van der Waals surface area contributed by atoms with E-state index in [0.29, 0.717) is 0 Å². The molecular formula is C4H17N3Si3. The highest BCUT2D eigenvalue weighted by atomic mass is 28.4. The third kappa shape index (κ3) is 5.09. The van der Waals surface area contributed by atoms with Crippen molar-refractivity contribution in [2.45, 2.75) is 13.1 Å². The van der Waals surface area contributed by atoms with Crippen LogP contribution in [0.4, 0.5) is 0 Å². The molecule has 0 saturated heterocycles. The van der Waals surface area contributed by atoms with E-state index in [1.54, 1.807) is 0 Å². The van der Waals surface area contributed by atoms with Gasteiger partial charge in [-0.2, -0.15) is 0 Å². The molecule has 4 N–H and O–H groups in total. The van der Waals surface area contributed by atoms with E-state index in [9.17, 15) is 0 Å². The average molecular weight is 191 g/mol. The van der Waals surface area contributed by atoms with Crippen LogP contribution in [0.3, 0.4) is 0 Å². The number of nitrogens with two attached hydrogens (primary N) is 1. The minimum atomic E-state index is -1.68. The largest absolute Gasteiger partial charge is 0.358 e. The van der Waals surface area contributed by atoms with Crippen LogP contribution in [-0.4, -0.2) is 27.9 Å². The molecule has 0 spiro atoms. The maximum Gasteiger partial charge on any atom is 0.214 e. The molecule has 0 aromatic rings.